The standard InChI is InChI=1S/C18H26N2O3/c1-3-23-18(22)15-7-9-16(10-8-15)19-17(21)13-14(2)20-11-5-4-6-12-20/h7-10,14H,3-6,11-13H2,1-2H3,(H,19,21). The summed E-state index contributed by atoms with van der Waals surface area (Å²) in [5, 5.41) is 2.89. The summed E-state index contributed by atoms with van der Waals surface area (Å²) in [6.45, 7) is 6.40. The number of anilines is 1. The Kier molecular flexibility index (Phi) is 6.59. The van der Waals surface area contributed by atoms with Crippen LogP contribution in [0.5, 0.6) is 0 Å². The van der Waals surface area contributed by atoms with Gasteiger partial charge < -0.3 is 15.0 Å². The van der Waals surface area contributed by atoms with Crippen molar-refractivity contribution in [1.29, 1.82) is 0 Å². The van der Waals surface area contributed by atoms with E-state index in [0.29, 0.717) is 24.3 Å². The molecule has 23 heavy (non-hydrogen) atoms. The van der Waals surface area contributed by atoms with Crippen molar-refractivity contribution in [3.63, 3.8) is 0 Å². The Morgan fingerprint density at radius 3 is 2.43 bits per heavy atom. The molecule has 0 saturated carbocycles. The number of piperidine rings is 1. The number of carbonyl (C=O) groups is 2. The van der Waals surface area contributed by atoms with Crippen LogP contribution in [0.2, 0.25) is 0 Å². The molecule has 1 N–H and O–H groups in total. The van der Waals surface area contributed by atoms with E-state index < -0.39 is 0 Å². The lowest BCUT2D eigenvalue weighted by atomic mass is 10.1. The van der Waals surface area contributed by atoms with Crippen molar-refractivity contribution in [3.05, 3.63) is 29.8 Å². The van der Waals surface area contributed by atoms with E-state index in [0.717, 1.165) is 13.1 Å². The molecule has 5 heteroatoms. The SMILES string of the molecule is CCOC(=O)c1ccc(NC(=O)CC(C)N2CCCCC2)cc1. The molecule has 1 unspecified atom stereocenters. The molecule has 126 valence electrons. The molecule has 1 aromatic rings. The molecule has 1 aromatic carbocycles. The predicted octanol–water partition coefficient (Wildman–Crippen LogP) is 3.07. The van der Waals surface area contributed by atoms with Gasteiger partial charge in [0.2, 0.25) is 5.91 Å². The molecule has 1 amide bonds. The summed E-state index contributed by atoms with van der Waals surface area (Å²) < 4.78 is 4.94. The fraction of sp³-hybridized carbons (Fsp3) is 0.556. The number of hydrogen-bond acceptors (Lipinski definition) is 4. The molecule has 0 aromatic heterocycles. The summed E-state index contributed by atoms with van der Waals surface area (Å²) in [5.41, 5.74) is 1.19. The van der Waals surface area contributed by atoms with Crippen LogP contribution in [0.4, 0.5) is 5.69 Å². The van der Waals surface area contributed by atoms with E-state index in [2.05, 4.69) is 17.1 Å². The number of carbonyl (C=O) groups excluding carboxylic acids is 2. The second-order valence-electron chi connectivity index (χ2n) is 6.00. The molecule has 1 heterocycles. The van der Waals surface area contributed by atoms with E-state index in [1.165, 1.54) is 19.3 Å². The highest BCUT2D eigenvalue weighted by Crippen LogP contribution is 2.15. The third-order valence-corrected chi connectivity index (χ3v) is 4.17. The Hall–Kier alpha value is -1.88. The molecule has 1 fully saturated rings. The lowest BCUT2D eigenvalue weighted by molar-refractivity contribution is -0.117. The van der Waals surface area contributed by atoms with Crippen molar-refractivity contribution < 1.29 is 14.3 Å². The third-order valence-electron chi connectivity index (χ3n) is 4.17. The van der Waals surface area contributed by atoms with Gasteiger partial charge in [-0.05, 0) is 64.0 Å². The quantitative estimate of drug-likeness (QED) is 0.819. The van der Waals surface area contributed by atoms with Gasteiger partial charge in [0, 0.05) is 18.2 Å². The van der Waals surface area contributed by atoms with Crippen molar-refractivity contribution in [2.45, 2.75) is 45.6 Å². The zero-order chi connectivity index (χ0) is 16.7. The monoisotopic (exact) mass is 318 g/mol. The average Bonchev–Trinajstić information content (AvgIpc) is 2.56. The summed E-state index contributed by atoms with van der Waals surface area (Å²) in [5.74, 6) is -0.337. The van der Waals surface area contributed by atoms with Crippen LogP contribution in [-0.2, 0) is 9.53 Å². The zero-order valence-electron chi connectivity index (χ0n) is 14.0. The molecular formula is C18H26N2O3. The molecule has 2 rings (SSSR count). The zero-order valence-corrected chi connectivity index (χ0v) is 14.0. The van der Waals surface area contributed by atoms with Crippen LogP contribution in [0.1, 0.15) is 49.9 Å². The number of benzene rings is 1. The topological polar surface area (TPSA) is 58.6 Å². The maximum atomic E-state index is 12.2. The summed E-state index contributed by atoms with van der Waals surface area (Å²) >= 11 is 0. The first-order valence-corrected chi connectivity index (χ1v) is 8.41. The van der Waals surface area contributed by atoms with Crippen molar-refractivity contribution >= 4 is 17.6 Å². The number of nitrogens with one attached hydrogen (secondary N) is 1. The Balaban J connectivity index is 1.83. The van der Waals surface area contributed by atoms with E-state index in [1.807, 2.05) is 0 Å². The largest absolute Gasteiger partial charge is 0.462 e. The normalized spacial score (nSPS) is 16.6. The molecule has 0 bridgehead atoms. The fourth-order valence-electron chi connectivity index (χ4n) is 2.87. The van der Waals surface area contributed by atoms with E-state index in [-0.39, 0.29) is 17.9 Å². The summed E-state index contributed by atoms with van der Waals surface area (Å²) in [7, 11) is 0. The number of hydrogen-bond donors (Lipinski definition) is 1. The first-order chi connectivity index (χ1) is 11.1. The molecule has 1 atom stereocenters. The first-order valence-electron chi connectivity index (χ1n) is 8.41. The lowest BCUT2D eigenvalue weighted by Gasteiger charge is -2.31. The van der Waals surface area contributed by atoms with Gasteiger partial charge in [-0.25, -0.2) is 4.79 Å². The van der Waals surface area contributed by atoms with Gasteiger partial charge >= 0.3 is 5.97 Å². The Bertz CT molecular complexity index is 522. The third kappa shape index (κ3) is 5.36. The second-order valence-corrected chi connectivity index (χ2v) is 6.00. The lowest BCUT2D eigenvalue weighted by Crippen LogP contribution is -2.39. The molecule has 1 aliphatic heterocycles. The average molecular weight is 318 g/mol. The number of ether oxygens (including phenoxy) is 1. The summed E-state index contributed by atoms with van der Waals surface area (Å²) in [4.78, 5) is 26.1. The summed E-state index contributed by atoms with van der Waals surface area (Å²) in [6, 6.07) is 7.06. The fourth-order valence-corrected chi connectivity index (χ4v) is 2.87. The highest BCUT2D eigenvalue weighted by atomic mass is 16.5. The van der Waals surface area contributed by atoms with Crippen molar-refractivity contribution in [3.8, 4) is 0 Å². The van der Waals surface area contributed by atoms with Crippen molar-refractivity contribution in [2.75, 3.05) is 25.0 Å². The van der Waals surface area contributed by atoms with Crippen LogP contribution < -0.4 is 5.32 Å². The Labute approximate surface area is 138 Å². The van der Waals surface area contributed by atoms with Gasteiger partial charge in [0.05, 0.1) is 12.2 Å². The van der Waals surface area contributed by atoms with E-state index in [9.17, 15) is 9.59 Å². The minimum absolute atomic E-state index is 0.00644. The minimum Gasteiger partial charge on any atom is -0.462 e. The number of nitrogens with zero attached hydrogens (tertiary/aromatic N) is 1. The minimum atomic E-state index is -0.343. The predicted molar refractivity (Wildman–Crippen MR) is 90.5 cm³/mol. The van der Waals surface area contributed by atoms with Crippen LogP contribution in [0.15, 0.2) is 24.3 Å². The van der Waals surface area contributed by atoms with Crippen LogP contribution >= 0.6 is 0 Å². The van der Waals surface area contributed by atoms with Gasteiger partial charge in [-0.3, -0.25) is 4.79 Å². The van der Waals surface area contributed by atoms with Gasteiger partial charge in [0.1, 0.15) is 0 Å². The highest BCUT2D eigenvalue weighted by Gasteiger charge is 2.19. The maximum absolute atomic E-state index is 12.2. The van der Waals surface area contributed by atoms with Gasteiger partial charge in [-0.1, -0.05) is 6.42 Å². The molecule has 0 aliphatic carbocycles. The molecule has 1 aliphatic rings. The van der Waals surface area contributed by atoms with Crippen molar-refractivity contribution in [1.82, 2.24) is 4.90 Å². The van der Waals surface area contributed by atoms with Crippen LogP contribution in [-0.4, -0.2) is 42.5 Å². The van der Waals surface area contributed by atoms with Gasteiger partial charge in [0.15, 0.2) is 0 Å². The molecule has 5 nitrogen and oxygen atoms in total. The number of rotatable bonds is 6. The molecule has 0 radical (unpaired) electrons. The summed E-state index contributed by atoms with van der Waals surface area (Å²) in [6.07, 6.45) is 4.23. The Morgan fingerprint density at radius 1 is 1.17 bits per heavy atom. The van der Waals surface area contributed by atoms with Crippen molar-refractivity contribution in [2.24, 2.45) is 0 Å². The first kappa shape index (κ1) is 17.5. The number of likely N-dealkylation sites (tertiary alicyclic amines) is 1. The van der Waals surface area contributed by atoms with E-state index in [1.54, 1.807) is 31.2 Å². The van der Waals surface area contributed by atoms with Gasteiger partial charge in [-0.15, -0.1) is 0 Å². The maximum Gasteiger partial charge on any atom is 0.338 e. The van der Waals surface area contributed by atoms with Crippen LogP contribution in [0.25, 0.3) is 0 Å². The van der Waals surface area contributed by atoms with E-state index in [4.69, 9.17) is 4.74 Å². The van der Waals surface area contributed by atoms with Crippen LogP contribution in [0, 0.1) is 0 Å². The smallest absolute Gasteiger partial charge is 0.338 e. The van der Waals surface area contributed by atoms with Gasteiger partial charge in [-0.2, -0.15) is 0 Å². The Morgan fingerprint density at radius 2 is 1.83 bits per heavy atom. The number of amides is 1. The molecular weight excluding hydrogens is 292 g/mol. The van der Waals surface area contributed by atoms with Crippen LogP contribution in [0.3, 0.4) is 0 Å². The molecule has 1 saturated heterocycles. The number of esters is 1. The molecule has 0 spiro atoms. The highest BCUT2D eigenvalue weighted by molar-refractivity contribution is 5.93. The van der Waals surface area contributed by atoms with Gasteiger partial charge in [0.25, 0.3) is 0 Å². The van der Waals surface area contributed by atoms with E-state index >= 15 is 0 Å². The second kappa shape index (κ2) is 8.67.